The number of carboxylic acid groups (broad SMARTS) is 1. The van der Waals surface area contributed by atoms with Gasteiger partial charge in [-0.15, -0.1) is 5.10 Å². The number of aromatic nitrogens is 3. The molecule has 2 heterocycles. The minimum Gasteiger partial charge on any atom is -0.480 e. The van der Waals surface area contributed by atoms with Crippen molar-refractivity contribution in [3.05, 3.63) is 11.9 Å². The van der Waals surface area contributed by atoms with Crippen molar-refractivity contribution < 1.29 is 9.90 Å². The molecule has 17 heavy (non-hydrogen) atoms. The van der Waals surface area contributed by atoms with Gasteiger partial charge in [0.05, 0.1) is 11.9 Å². The number of fused-ring (bicyclic) bond motifs is 1. The van der Waals surface area contributed by atoms with Crippen LogP contribution < -0.4 is 5.32 Å². The van der Waals surface area contributed by atoms with Gasteiger partial charge in [0.25, 0.3) is 0 Å². The standard InChI is InChI=1S/C10H14N4O2S/c1-5(2)7(8(15)16)12-9-13-14-4-6(3)11-10(14)17-9/h4-5,7H,1-3H3,(H,12,13)(H,15,16)/t7-/m0/s1. The van der Waals surface area contributed by atoms with E-state index in [0.29, 0.717) is 5.13 Å². The third-order valence-electron chi connectivity index (χ3n) is 2.38. The molecule has 0 spiro atoms. The van der Waals surface area contributed by atoms with Crippen LogP contribution in [0.3, 0.4) is 0 Å². The number of aryl methyl sites for hydroxylation is 1. The van der Waals surface area contributed by atoms with E-state index in [1.54, 1.807) is 4.52 Å². The maximum Gasteiger partial charge on any atom is 0.326 e. The Morgan fingerprint density at radius 1 is 1.59 bits per heavy atom. The van der Waals surface area contributed by atoms with Gasteiger partial charge in [-0.25, -0.2) is 14.3 Å². The quantitative estimate of drug-likeness (QED) is 0.866. The molecule has 0 aliphatic carbocycles. The van der Waals surface area contributed by atoms with Crippen molar-refractivity contribution in [2.75, 3.05) is 5.32 Å². The van der Waals surface area contributed by atoms with Gasteiger partial charge in [0, 0.05) is 0 Å². The third-order valence-corrected chi connectivity index (χ3v) is 3.23. The topological polar surface area (TPSA) is 79.5 Å². The van der Waals surface area contributed by atoms with Crippen LogP contribution in [0.15, 0.2) is 6.20 Å². The Morgan fingerprint density at radius 2 is 2.29 bits per heavy atom. The first-order chi connectivity index (χ1) is 7.97. The van der Waals surface area contributed by atoms with Gasteiger partial charge in [-0.1, -0.05) is 25.2 Å². The molecule has 2 N–H and O–H groups in total. The zero-order chi connectivity index (χ0) is 12.6. The Kier molecular flexibility index (Phi) is 3.01. The van der Waals surface area contributed by atoms with E-state index in [1.165, 1.54) is 11.3 Å². The number of hydrogen-bond acceptors (Lipinski definition) is 5. The van der Waals surface area contributed by atoms with Gasteiger partial charge in [-0.2, -0.15) is 0 Å². The Labute approximate surface area is 102 Å². The van der Waals surface area contributed by atoms with Crippen LogP contribution >= 0.6 is 11.3 Å². The molecule has 0 aromatic carbocycles. The highest BCUT2D eigenvalue weighted by Crippen LogP contribution is 2.21. The summed E-state index contributed by atoms with van der Waals surface area (Å²) < 4.78 is 1.65. The minimum atomic E-state index is -0.871. The first-order valence-electron chi connectivity index (χ1n) is 5.29. The molecule has 0 aliphatic heterocycles. The number of carboxylic acids is 1. The monoisotopic (exact) mass is 254 g/mol. The molecule has 2 aromatic rings. The maximum absolute atomic E-state index is 11.0. The molecule has 0 aliphatic rings. The number of nitrogens with zero attached hydrogens (tertiary/aromatic N) is 3. The molecule has 1 atom stereocenters. The molecule has 2 aromatic heterocycles. The number of imidazole rings is 1. The van der Waals surface area contributed by atoms with Gasteiger partial charge in [0.1, 0.15) is 6.04 Å². The molecule has 0 radical (unpaired) electrons. The van der Waals surface area contributed by atoms with Crippen LogP contribution in [0.4, 0.5) is 5.13 Å². The molecule has 0 unspecified atom stereocenters. The van der Waals surface area contributed by atoms with Crippen molar-refractivity contribution in [3.63, 3.8) is 0 Å². The van der Waals surface area contributed by atoms with Gasteiger partial charge < -0.3 is 10.4 Å². The zero-order valence-corrected chi connectivity index (χ0v) is 10.7. The van der Waals surface area contributed by atoms with E-state index in [2.05, 4.69) is 15.4 Å². The van der Waals surface area contributed by atoms with Crippen molar-refractivity contribution in [1.29, 1.82) is 0 Å². The Balaban J connectivity index is 2.22. The van der Waals surface area contributed by atoms with Crippen molar-refractivity contribution in [2.24, 2.45) is 5.92 Å². The summed E-state index contributed by atoms with van der Waals surface area (Å²) in [6.07, 6.45) is 1.81. The summed E-state index contributed by atoms with van der Waals surface area (Å²) in [5.74, 6) is -0.880. The number of aliphatic carboxylic acids is 1. The molecule has 6 nitrogen and oxygen atoms in total. The molecule has 92 valence electrons. The van der Waals surface area contributed by atoms with Crippen LogP contribution in [0.5, 0.6) is 0 Å². The molecule has 0 saturated heterocycles. The van der Waals surface area contributed by atoms with E-state index in [-0.39, 0.29) is 5.92 Å². The average Bonchev–Trinajstić information content (AvgIpc) is 2.69. The van der Waals surface area contributed by atoms with Crippen molar-refractivity contribution in [2.45, 2.75) is 26.8 Å². The largest absolute Gasteiger partial charge is 0.480 e. The zero-order valence-electron chi connectivity index (χ0n) is 9.84. The predicted octanol–water partition coefficient (Wildman–Crippen LogP) is 1.62. The lowest BCUT2D eigenvalue weighted by Crippen LogP contribution is -2.34. The van der Waals surface area contributed by atoms with Gasteiger partial charge in [0.15, 0.2) is 0 Å². The third kappa shape index (κ3) is 2.38. The van der Waals surface area contributed by atoms with Crippen molar-refractivity contribution in [1.82, 2.24) is 14.6 Å². The molecular formula is C10H14N4O2S. The summed E-state index contributed by atoms with van der Waals surface area (Å²) >= 11 is 1.35. The van der Waals surface area contributed by atoms with E-state index >= 15 is 0 Å². The second-order valence-corrected chi connectivity index (χ2v) is 5.18. The Morgan fingerprint density at radius 3 is 2.82 bits per heavy atom. The summed E-state index contributed by atoms with van der Waals surface area (Å²) in [6.45, 7) is 5.60. The summed E-state index contributed by atoms with van der Waals surface area (Å²) in [6, 6.07) is -0.632. The van der Waals surface area contributed by atoms with Crippen molar-refractivity contribution in [3.8, 4) is 0 Å². The SMILES string of the molecule is Cc1cn2nc(N[C@H](C(=O)O)C(C)C)sc2n1. The summed E-state index contributed by atoms with van der Waals surface area (Å²) in [7, 11) is 0. The number of anilines is 1. The second kappa shape index (κ2) is 4.33. The Hall–Kier alpha value is -1.63. The highest BCUT2D eigenvalue weighted by molar-refractivity contribution is 7.20. The van der Waals surface area contributed by atoms with E-state index in [9.17, 15) is 4.79 Å². The van der Waals surface area contributed by atoms with Crippen LogP contribution in [-0.4, -0.2) is 31.7 Å². The summed E-state index contributed by atoms with van der Waals surface area (Å²) in [4.78, 5) is 16.1. The second-order valence-electron chi connectivity index (χ2n) is 4.22. The molecule has 0 bridgehead atoms. The van der Waals surface area contributed by atoms with Gasteiger partial charge in [-0.3, -0.25) is 0 Å². The van der Waals surface area contributed by atoms with Gasteiger partial charge >= 0.3 is 5.97 Å². The lowest BCUT2D eigenvalue weighted by Gasteiger charge is -2.16. The maximum atomic E-state index is 11.0. The first-order valence-corrected chi connectivity index (χ1v) is 6.11. The molecule has 0 fully saturated rings. The van der Waals surface area contributed by atoms with Gasteiger partial charge in [-0.05, 0) is 12.8 Å². The lowest BCUT2D eigenvalue weighted by atomic mass is 10.1. The highest BCUT2D eigenvalue weighted by atomic mass is 32.1. The number of hydrogen-bond donors (Lipinski definition) is 2. The predicted molar refractivity (Wildman–Crippen MR) is 65.5 cm³/mol. The van der Waals surface area contributed by atoms with Gasteiger partial charge in [0.2, 0.25) is 10.1 Å². The average molecular weight is 254 g/mol. The fourth-order valence-electron chi connectivity index (χ4n) is 1.51. The molecule has 0 amide bonds. The van der Waals surface area contributed by atoms with Crippen LogP contribution in [-0.2, 0) is 4.79 Å². The molecule has 7 heteroatoms. The smallest absolute Gasteiger partial charge is 0.326 e. The summed E-state index contributed by atoms with van der Waals surface area (Å²) in [5, 5.41) is 16.8. The molecule has 0 saturated carbocycles. The first kappa shape index (κ1) is 11.8. The summed E-state index contributed by atoms with van der Waals surface area (Å²) in [5.41, 5.74) is 0.897. The molecular weight excluding hydrogens is 240 g/mol. The normalized spacial score (nSPS) is 13.2. The van der Waals surface area contributed by atoms with Crippen LogP contribution in [0, 0.1) is 12.8 Å². The van der Waals surface area contributed by atoms with Crippen molar-refractivity contribution >= 4 is 27.4 Å². The van der Waals surface area contributed by atoms with E-state index in [4.69, 9.17) is 5.11 Å². The van der Waals surface area contributed by atoms with Crippen LogP contribution in [0.25, 0.3) is 4.96 Å². The lowest BCUT2D eigenvalue weighted by molar-refractivity contribution is -0.138. The Bertz CT molecular complexity index is 514. The van der Waals surface area contributed by atoms with Crippen LogP contribution in [0.1, 0.15) is 19.5 Å². The minimum absolute atomic E-state index is 0.00884. The fraction of sp³-hybridized carbons (Fsp3) is 0.500. The van der Waals surface area contributed by atoms with E-state index in [1.807, 2.05) is 27.0 Å². The van der Waals surface area contributed by atoms with E-state index < -0.39 is 12.0 Å². The number of rotatable bonds is 4. The number of carbonyl (C=O) groups is 1. The fourth-order valence-corrected chi connectivity index (χ4v) is 2.38. The highest BCUT2D eigenvalue weighted by Gasteiger charge is 2.22. The molecule has 2 rings (SSSR count). The number of nitrogens with one attached hydrogen (secondary N) is 1. The van der Waals surface area contributed by atoms with E-state index in [0.717, 1.165) is 10.7 Å². The van der Waals surface area contributed by atoms with Crippen LogP contribution in [0.2, 0.25) is 0 Å².